The van der Waals surface area contributed by atoms with Crippen molar-refractivity contribution in [3.8, 4) is 5.69 Å². The minimum atomic E-state index is -0.196. The van der Waals surface area contributed by atoms with Crippen molar-refractivity contribution in [3.05, 3.63) is 40.7 Å². The average Bonchev–Trinajstić information content (AvgIpc) is 3.30. The molecule has 1 aliphatic rings. The Labute approximate surface area is 146 Å². The summed E-state index contributed by atoms with van der Waals surface area (Å²) in [5.41, 5.74) is 1.73. The van der Waals surface area contributed by atoms with Crippen LogP contribution < -0.4 is 5.32 Å². The third kappa shape index (κ3) is 3.44. The fourth-order valence-corrected chi connectivity index (χ4v) is 3.14. The number of para-hydroxylation sites is 1. The summed E-state index contributed by atoms with van der Waals surface area (Å²) in [6.07, 6.45) is 2.47. The number of rotatable bonds is 6. The first-order chi connectivity index (χ1) is 11.5. The lowest BCUT2D eigenvalue weighted by Crippen LogP contribution is -2.41. The van der Waals surface area contributed by atoms with Crippen molar-refractivity contribution in [1.29, 1.82) is 0 Å². The van der Waals surface area contributed by atoms with Crippen LogP contribution in [0.25, 0.3) is 5.69 Å². The van der Waals surface area contributed by atoms with Gasteiger partial charge in [0.2, 0.25) is 0 Å². The first kappa shape index (κ1) is 16.9. The van der Waals surface area contributed by atoms with Gasteiger partial charge in [-0.1, -0.05) is 28.9 Å². The average molecular weight is 348 g/mol. The van der Waals surface area contributed by atoms with E-state index in [2.05, 4.69) is 20.5 Å². The van der Waals surface area contributed by atoms with Gasteiger partial charge < -0.3 is 10.2 Å². The van der Waals surface area contributed by atoms with Gasteiger partial charge in [-0.15, -0.1) is 5.10 Å². The third-order valence-electron chi connectivity index (χ3n) is 4.49. The fraction of sp³-hybridized carbons (Fsp3) is 0.471. The van der Waals surface area contributed by atoms with E-state index in [4.69, 9.17) is 11.6 Å². The summed E-state index contributed by atoms with van der Waals surface area (Å²) in [7, 11) is 4.10. The predicted molar refractivity (Wildman–Crippen MR) is 93.6 cm³/mol. The quantitative estimate of drug-likeness (QED) is 0.871. The molecule has 2 aromatic rings. The van der Waals surface area contributed by atoms with E-state index >= 15 is 0 Å². The molecule has 0 radical (unpaired) electrons. The van der Waals surface area contributed by atoms with Gasteiger partial charge in [-0.25, -0.2) is 4.68 Å². The highest BCUT2D eigenvalue weighted by Gasteiger charge is 2.33. The standard InChI is InChI=1S/C17H22ClN5O/c1-11-16(17(24)19-10-15(22(2)3)12-8-9-12)20-21-23(11)14-7-5-4-6-13(14)18/h4-7,12,15H,8-10H2,1-3H3,(H,19,24)/t15-/m1/s1. The van der Waals surface area contributed by atoms with Crippen LogP contribution in [-0.4, -0.2) is 52.5 Å². The smallest absolute Gasteiger partial charge is 0.273 e. The van der Waals surface area contributed by atoms with Crippen LogP contribution in [0.15, 0.2) is 24.3 Å². The van der Waals surface area contributed by atoms with Crippen LogP contribution in [0, 0.1) is 12.8 Å². The summed E-state index contributed by atoms with van der Waals surface area (Å²) in [6.45, 7) is 2.44. The molecule has 1 aliphatic carbocycles. The van der Waals surface area contributed by atoms with Crippen molar-refractivity contribution in [2.24, 2.45) is 5.92 Å². The second-order valence-electron chi connectivity index (χ2n) is 6.47. The number of hydrogen-bond donors (Lipinski definition) is 1. The number of hydrogen-bond acceptors (Lipinski definition) is 4. The normalized spacial score (nSPS) is 15.5. The van der Waals surface area contributed by atoms with Crippen molar-refractivity contribution in [1.82, 2.24) is 25.2 Å². The number of amides is 1. The molecular formula is C17H22ClN5O. The van der Waals surface area contributed by atoms with Crippen molar-refractivity contribution in [3.63, 3.8) is 0 Å². The van der Waals surface area contributed by atoms with Gasteiger partial charge in [0.1, 0.15) is 0 Å². The molecule has 1 aromatic heterocycles. The van der Waals surface area contributed by atoms with Gasteiger partial charge in [0, 0.05) is 12.6 Å². The second kappa shape index (κ2) is 6.91. The summed E-state index contributed by atoms with van der Waals surface area (Å²) >= 11 is 6.20. The molecule has 0 saturated heterocycles. The Morgan fingerprint density at radius 1 is 1.42 bits per heavy atom. The number of halogens is 1. The number of carbonyl (C=O) groups excluding carboxylic acids is 1. The molecule has 1 fully saturated rings. The molecule has 1 atom stereocenters. The van der Waals surface area contributed by atoms with Gasteiger partial charge in [0.05, 0.1) is 16.4 Å². The van der Waals surface area contributed by atoms with E-state index in [1.807, 2.05) is 39.2 Å². The van der Waals surface area contributed by atoms with Gasteiger partial charge in [-0.3, -0.25) is 4.79 Å². The topological polar surface area (TPSA) is 63.1 Å². The van der Waals surface area contributed by atoms with Crippen molar-refractivity contribution < 1.29 is 4.79 Å². The highest BCUT2D eigenvalue weighted by atomic mass is 35.5. The Balaban J connectivity index is 1.73. The largest absolute Gasteiger partial charge is 0.349 e. The van der Waals surface area contributed by atoms with Gasteiger partial charge in [0.25, 0.3) is 5.91 Å². The second-order valence-corrected chi connectivity index (χ2v) is 6.87. The number of benzene rings is 1. The molecule has 1 saturated carbocycles. The number of likely N-dealkylation sites (N-methyl/N-ethyl adjacent to an activating group) is 1. The number of aromatic nitrogens is 3. The lowest BCUT2D eigenvalue weighted by atomic mass is 10.1. The molecule has 3 rings (SSSR count). The molecule has 1 aromatic carbocycles. The monoisotopic (exact) mass is 347 g/mol. The van der Waals surface area contributed by atoms with Crippen molar-refractivity contribution in [2.75, 3.05) is 20.6 Å². The lowest BCUT2D eigenvalue weighted by molar-refractivity contribution is 0.0933. The van der Waals surface area contributed by atoms with E-state index in [1.54, 1.807) is 10.7 Å². The minimum Gasteiger partial charge on any atom is -0.349 e. The zero-order chi connectivity index (χ0) is 17.3. The summed E-state index contributed by atoms with van der Waals surface area (Å²) in [5.74, 6) is 0.485. The molecule has 128 valence electrons. The van der Waals surface area contributed by atoms with Crippen LogP contribution in [0.4, 0.5) is 0 Å². The molecule has 1 heterocycles. The first-order valence-corrected chi connectivity index (χ1v) is 8.48. The van der Waals surface area contributed by atoms with Gasteiger partial charge in [0.15, 0.2) is 5.69 Å². The summed E-state index contributed by atoms with van der Waals surface area (Å²) in [4.78, 5) is 14.7. The Morgan fingerprint density at radius 2 is 2.12 bits per heavy atom. The minimum absolute atomic E-state index is 0.196. The Morgan fingerprint density at radius 3 is 2.75 bits per heavy atom. The van der Waals surface area contributed by atoms with E-state index in [0.717, 1.165) is 0 Å². The Hall–Kier alpha value is -1.92. The highest BCUT2D eigenvalue weighted by molar-refractivity contribution is 6.32. The van der Waals surface area contributed by atoms with Crippen molar-refractivity contribution in [2.45, 2.75) is 25.8 Å². The van der Waals surface area contributed by atoms with E-state index in [0.29, 0.717) is 40.6 Å². The molecule has 1 amide bonds. The number of carbonyl (C=O) groups is 1. The summed E-state index contributed by atoms with van der Waals surface area (Å²) in [6, 6.07) is 7.73. The van der Waals surface area contributed by atoms with Gasteiger partial charge in [-0.2, -0.15) is 0 Å². The van der Waals surface area contributed by atoms with Crippen molar-refractivity contribution >= 4 is 17.5 Å². The molecule has 0 unspecified atom stereocenters. The summed E-state index contributed by atoms with van der Waals surface area (Å²) < 4.78 is 1.60. The molecule has 6 nitrogen and oxygen atoms in total. The number of nitrogens with one attached hydrogen (secondary N) is 1. The summed E-state index contributed by atoms with van der Waals surface area (Å²) in [5, 5.41) is 11.7. The predicted octanol–water partition coefficient (Wildman–Crippen LogP) is 2.30. The first-order valence-electron chi connectivity index (χ1n) is 8.11. The van der Waals surface area contributed by atoms with Gasteiger partial charge >= 0.3 is 0 Å². The van der Waals surface area contributed by atoms with Crippen LogP contribution in [0.5, 0.6) is 0 Å². The third-order valence-corrected chi connectivity index (χ3v) is 4.81. The van der Waals surface area contributed by atoms with E-state index in [-0.39, 0.29) is 5.91 Å². The van der Waals surface area contributed by atoms with E-state index < -0.39 is 0 Å². The fourth-order valence-electron chi connectivity index (χ4n) is 2.92. The molecular weight excluding hydrogens is 326 g/mol. The molecule has 0 bridgehead atoms. The maximum absolute atomic E-state index is 12.5. The molecule has 24 heavy (non-hydrogen) atoms. The Kier molecular flexibility index (Phi) is 4.87. The zero-order valence-electron chi connectivity index (χ0n) is 14.2. The molecule has 0 aliphatic heterocycles. The molecule has 0 spiro atoms. The van der Waals surface area contributed by atoms with Crippen LogP contribution in [0.1, 0.15) is 29.0 Å². The van der Waals surface area contributed by atoms with Crippen LogP contribution in [-0.2, 0) is 0 Å². The van der Waals surface area contributed by atoms with Crippen LogP contribution in [0.2, 0.25) is 5.02 Å². The van der Waals surface area contributed by atoms with Crippen LogP contribution in [0.3, 0.4) is 0 Å². The maximum Gasteiger partial charge on any atom is 0.273 e. The van der Waals surface area contributed by atoms with E-state index in [9.17, 15) is 4.79 Å². The maximum atomic E-state index is 12.5. The van der Waals surface area contributed by atoms with E-state index in [1.165, 1.54) is 12.8 Å². The highest BCUT2D eigenvalue weighted by Crippen LogP contribution is 2.34. The van der Waals surface area contributed by atoms with Crippen LogP contribution >= 0.6 is 11.6 Å². The SMILES string of the molecule is Cc1c(C(=O)NC[C@H](C2CC2)N(C)C)nnn1-c1ccccc1Cl. The Bertz CT molecular complexity index is 736. The molecule has 1 N–H and O–H groups in total. The van der Waals surface area contributed by atoms with Gasteiger partial charge in [-0.05, 0) is 51.9 Å². The molecule has 7 heteroatoms. The zero-order valence-corrected chi connectivity index (χ0v) is 14.9. The lowest BCUT2D eigenvalue weighted by Gasteiger charge is -2.24. The number of nitrogens with zero attached hydrogens (tertiary/aromatic N) is 4.